The van der Waals surface area contributed by atoms with Crippen molar-refractivity contribution in [2.45, 2.75) is 38.6 Å². The molecule has 3 heteroatoms. The molecule has 0 aliphatic heterocycles. The van der Waals surface area contributed by atoms with E-state index in [-0.39, 0.29) is 0 Å². The average molecular weight is 233 g/mol. The van der Waals surface area contributed by atoms with Gasteiger partial charge in [-0.05, 0) is 31.9 Å². The van der Waals surface area contributed by atoms with Crippen LogP contribution in [0.4, 0.5) is 5.82 Å². The molecule has 2 N–H and O–H groups in total. The lowest BCUT2D eigenvalue weighted by atomic mass is 9.89. The highest BCUT2D eigenvalue weighted by atomic mass is 15.1. The van der Waals surface area contributed by atoms with Crippen LogP contribution in [-0.2, 0) is 6.54 Å². The molecule has 0 aromatic carbocycles. The van der Waals surface area contributed by atoms with Crippen molar-refractivity contribution in [1.29, 1.82) is 0 Å². The van der Waals surface area contributed by atoms with Crippen LogP contribution in [0.5, 0.6) is 0 Å². The Hall–Kier alpha value is -1.09. The Labute approximate surface area is 104 Å². The average Bonchev–Trinajstić information content (AvgIpc) is 2.33. The first-order chi connectivity index (χ1) is 8.25. The Morgan fingerprint density at radius 1 is 1.35 bits per heavy atom. The molecule has 17 heavy (non-hydrogen) atoms. The molecule has 0 radical (unpaired) electrons. The van der Waals surface area contributed by atoms with Crippen LogP contribution in [0.1, 0.15) is 37.7 Å². The minimum absolute atomic E-state index is 0.669. The molecule has 1 heterocycles. The van der Waals surface area contributed by atoms with Crippen LogP contribution in [0.2, 0.25) is 0 Å². The first-order valence-corrected chi connectivity index (χ1v) is 6.63. The number of nitrogens with zero attached hydrogens (tertiary/aromatic N) is 2. The van der Waals surface area contributed by atoms with Gasteiger partial charge in [0.05, 0.1) is 0 Å². The van der Waals surface area contributed by atoms with E-state index < -0.39 is 0 Å². The molecular formula is C14H23N3. The highest BCUT2D eigenvalue weighted by molar-refractivity contribution is 5.38. The quantitative estimate of drug-likeness (QED) is 0.869. The normalized spacial score (nSPS) is 17.5. The van der Waals surface area contributed by atoms with Gasteiger partial charge in [0.15, 0.2) is 0 Å². The molecule has 0 bridgehead atoms. The maximum absolute atomic E-state index is 5.86. The van der Waals surface area contributed by atoms with Gasteiger partial charge in [-0.3, -0.25) is 0 Å². The molecule has 0 amide bonds. The SMILES string of the molecule is CN(Cc1cccnc1N)CC1CCCCC1. The largest absolute Gasteiger partial charge is 0.383 e. The summed E-state index contributed by atoms with van der Waals surface area (Å²) in [4.78, 5) is 6.51. The third-order valence-corrected chi connectivity index (χ3v) is 3.66. The van der Waals surface area contributed by atoms with Gasteiger partial charge < -0.3 is 10.6 Å². The van der Waals surface area contributed by atoms with E-state index in [4.69, 9.17) is 5.73 Å². The Balaban J connectivity index is 1.84. The van der Waals surface area contributed by atoms with Crippen molar-refractivity contribution in [3.05, 3.63) is 23.9 Å². The molecule has 1 aromatic heterocycles. The Kier molecular flexibility index (Phi) is 4.37. The molecule has 1 aliphatic carbocycles. The van der Waals surface area contributed by atoms with Gasteiger partial charge in [0.1, 0.15) is 5.82 Å². The number of pyridine rings is 1. The summed E-state index contributed by atoms with van der Waals surface area (Å²) in [6, 6.07) is 4.03. The van der Waals surface area contributed by atoms with Crippen LogP contribution in [0.3, 0.4) is 0 Å². The van der Waals surface area contributed by atoms with Crippen molar-refractivity contribution >= 4 is 5.82 Å². The molecule has 2 rings (SSSR count). The molecule has 1 aromatic rings. The van der Waals surface area contributed by atoms with E-state index in [1.807, 2.05) is 6.07 Å². The topological polar surface area (TPSA) is 42.2 Å². The van der Waals surface area contributed by atoms with Crippen LogP contribution in [0, 0.1) is 5.92 Å². The second kappa shape index (κ2) is 6.01. The van der Waals surface area contributed by atoms with Gasteiger partial charge in [0.25, 0.3) is 0 Å². The maximum atomic E-state index is 5.86. The molecule has 94 valence electrons. The van der Waals surface area contributed by atoms with Crippen LogP contribution < -0.4 is 5.73 Å². The van der Waals surface area contributed by atoms with Gasteiger partial charge in [0.2, 0.25) is 0 Å². The molecule has 1 aliphatic rings. The number of anilines is 1. The molecule has 1 saturated carbocycles. The van der Waals surface area contributed by atoms with E-state index in [1.54, 1.807) is 6.20 Å². The number of hydrogen-bond donors (Lipinski definition) is 1. The second-order valence-electron chi connectivity index (χ2n) is 5.25. The fourth-order valence-corrected chi connectivity index (χ4v) is 2.75. The minimum Gasteiger partial charge on any atom is -0.383 e. The molecule has 0 saturated heterocycles. The van der Waals surface area contributed by atoms with E-state index in [0.29, 0.717) is 5.82 Å². The monoisotopic (exact) mass is 233 g/mol. The zero-order chi connectivity index (χ0) is 12.1. The minimum atomic E-state index is 0.669. The van der Waals surface area contributed by atoms with Crippen LogP contribution in [-0.4, -0.2) is 23.5 Å². The fourth-order valence-electron chi connectivity index (χ4n) is 2.75. The van der Waals surface area contributed by atoms with Gasteiger partial charge in [-0.15, -0.1) is 0 Å². The zero-order valence-corrected chi connectivity index (χ0v) is 10.7. The van der Waals surface area contributed by atoms with Gasteiger partial charge in [-0.25, -0.2) is 4.98 Å². The molecule has 0 spiro atoms. The Bertz CT molecular complexity index is 345. The van der Waals surface area contributed by atoms with Crippen molar-refractivity contribution in [2.24, 2.45) is 5.92 Å². The summed E-state index contributed by atoms with van der Waals surface area (Å²) in [5.41, 5.74) is 7.01. The third-order valence-electron chi connectivity index (χ3n) is 3.66. The Morgan fingerprint density at radius 3 is 2.82 bits per heavy atom. The summed E-state index contributed by atoms with van der Waals surface area (Å²) in [7, 11) is 2.18. The molecular weight excluding hydrogens is 210 g/mol. The lowest BCUT2D eigenvalue weighted by Crippen LogP contribution is -2.27. The number of rotatable bonds is 4. The maximum Gasteiger partial charge on any atom is 0.127 e. The number of aromatic nitrogens is 1. The lowest BCUT2D eigenvalue weighted by Gasteiger charge is -2.27. The van der Waals surface area contributed by atoms with Gasteiger partial charge >= 0.3 is 0 Å². The standard InChI is InChI=1S/C14H23N3/c1-17(10-12-6-3-2-4-7-12)11-13-8-5-9-16-14(13)15/h5,8-9,12H,2-4,6-7,10-11H2,1H3,(H2,15,16). The predicted octanol–water partition coefficient (Wildman–Crippen LogP) is 2.68. The summed E-state index contributed by atoms with van der Waals surface area (Å²) in [6.07, 6.45) is 8.79. The van der Waals surface area contributed by atoms with Crippen molar-refractivity contribution < 1.29 is 0 Å². The highest BCUT2D eigenvalue weighted by Gasteiger charge is 2.15. The summed E-state index contributed by atoms with van der Waals surface area (Å²) >= 11 is 0. The van der Waals surface area contributed by atoms with E-state index in [0.717, 1.165) is 18.0 Å². The van der Waals surface area contributed by atoms with Crippen molar-refractivity contribution in [3.8, 4) is 0 Å². The molecule has 1 fully saturated rings. The Morgan fingerprint density at radius 2 is 2.12 bits per heavy atom. The fraction of sp³-hybridized carbons (Fsp3) is 0.643. The summed E-state index contributed by atoms with van der Waals surface area (Å²) in [5, 5.41) is 0. The zero-order valence-electron chi connectivity index (χ0n) is 10.7. The molecule has 0 atom stereocenters. The number of nitrogens with two attached hydrogens (primary N) is 1. The number of nitrogen functional groups attached to an aromatic ring is 1. The molecule has 0 unspecified atom stereocenters. The van der Waals surface area contributed by atoms with Gasteiger partial charge in [0, 0.05) is 24.8 Å². The van der Waals surface area contributed by atoms with Gasteiger partial charge in [-0.1, -0.05) is 25.3 Å². The highest BCUT2D eigenvalue weighted by Crippen LogP contribution is 2.24. The summed E-state index contributed by atoms with van der Waals surface area (Å²) in [5.74, 6) is 1.55. The first-order valence-electron chi connectivity index (χ1n) is 6.63. The summed E-state index contributed by atoms with van der Waals surface area (Å²) < 4.78 is 0. The smallest absolute Gasteiger partial charge is 0.127 e. The van der Waals surface area contributed by atoms with Crippen LogP contribution in [0.15, 0.2) is 18.3 Å². The second-order valence-corrected chi connectivity index (χ2v) is 5.25. The van der Waals surface area contributed by atoms with E-state index in [2.05, 4.69) is 23.0 Å². The van der Waals surface area contributed by atoms with E-state index in [1.165, 1.54) is 38.6 Å². The first kappa shape index (κ1) is 12.4. The van der Waals surface area contributed by atoms with E-state index >= 15 is 0 Å². The lowest BCUT2D eigenvalue weighted by molar-refractivity contribution is 0.228. The predicted molar refractivity (Wildman–Crippen MR) is 71.6 cm³/mol. The van der Waals surface area contributed by atoms with Crippen LogP contribution in [0.25, 0.3) is 0 Å². The summed E-state index contributed by atoms with van der Waals surface area (Å²) in [6.45, 7) is 2.10. The molecule has 3 nitrogen and oxygen atoms in total. The van der Waals surface area contributed by atoms with Crippen molar-refractivity contribution in [3.63, 3.8) is 0 Å². The van der Waals surface area contributed by atoms with E-state index in [9.17, 15) is 0 Å². The van der Waals surface area contributed by atoms with Crippen LogP contribution >= 0.6 is 0 Å². The third kappa shape index (κ3) is 3.70. The van der Waals surface area contributed by atoms with Crippen molar-refractivity contribution in [1.82, 2.24) is 9.88 Å². The van der Waals surface area contributed by atoms with Gasteiger partial charge in [-0.2, -0.15) is 0 Å². The van der Waals surface area contributed by atoms with Crippen molar-refractivity contribution in [2.75, 3.05) is 19.3 Å². The number of hydrogen-bond acceptors (Lipinski definition) is 3.